The Morgan fingerprint density at radius 1 is 0.953 bits per heavy atom. The van der Waals surface area contributed by atoms with E-state index in [2.05, 4.69) is 10.1 Å². The van der Waals surface area contributed by atoms with Crippen molar-refractivity contribution >= 4 is 17.2 Å². The van der Waals surface area contributed by atoms with Gasteiger partial charge in [0, 0.05) is 50.0 Å². The van der Waals surface area contributed by atoms with E-state index >= 15 is 0 Å². The number of aromatic carboxylic acids is 1. The number of nitrogens with zero attached hydrogens (tertiary/aromatic N) is 6. The number of carboxylic acids is 1. The summed E-state index contributed by atoms with van der Waals surface area (Å²) in [6.07, 6.45) is 8.06. The Balaban J connectivity index is 0.000000177. The zero-order valence-corrected chi connectivity index (χ0v) is 22.7. The Labute approximate surface area is 241 Å². The smallest absolute Gasteiger partial charge is 0.342 e. The fourth-order valence-corrected chi connectivity index (χ4v) is 4.13. The zero-order valence-electron chi connectivity index (χ0n) is 22.7. The van der Waals surface area contributed by atoms with Crippen molar-refractivity contribution in [3.8, 4) is 28.4 Å². The van der Waals surface area contributed by atoms with Gasteiger partial charge in [-0.1, -0.05) is 0 Å². The summed E-state index contributed by atoms with van der Waals surface area (Å²) in [5.41, 5.74) is 6.15. The number of halogens is 2. The molecule has 0 atom stereocenters. The van der Waals surface area contributed by atoms with Gasteiger partial charge in [0.1, 0.15) is 16.9 Å². The predicted molar refractivity (Wildman–Crippen MR) is 152 cm³/mol. The average Bonchev–Trinajstić information content (AvgIpc) is 3.63. The molecule has 6 rings (SSSR count). The van der Waals surface area contributed by atoms with Crippen molar-refractivity contribution in [2.45, 2.75) is 0 Å². The molecule has 4 aromatic heterocycles. The Morgan fingerprint density at radius 3 is 2.35 bits per heavy atom. The number of fused-ring (bicyclic) bond motifs is 1. The predicted octanol–water partition coefficient (Wildman–Crippen LogP) is 3.62. The molecule has 0 fully saturated rings. The molecule has 0 radical (unpaired) electrons. The summed E-state index contributed by atoms with van der Waals surface area (Å²) in [6, 6.07) is 12.5. The molecule has 0 bridgehead atoms. The standard InChI is InChI=1S/C17H14FN5O.C12H9FN2O4/c1-22-9-14(20-10-22)11-6-17(15-4-5-21-23(15)8-11)24-16-3-2-12(19)7-13(16)18;1-14-6-9(11(17)18)10(16)15(12(14)19)8-4-2-7(13)3-5-8/h2-10H,19H2,1H3;2-6H,1H3,(H,17,18). The number of carbonyl (C=O) groups is 1. The second-order valence-corrected chi connectivity index (χ2v) is 9.33. The second-order valence-electron chi connectivity index (χ2n) is 9.33. The average molecular weight is 588 g/mol. The third-order valence-electron chi connectivity index (χ3n) is 6.21. The van der Waals surface area contributed by atoms with Crippen LogP contribution >= 0.6 is 0 Å². The maximum Gasteiger partial charge on any atom is 0.342 e. The summed E-state index contributed by atoms with van der Waals surface area (Å²) in [5, 5.41) is 13.1. The second kappa shape index (κ2) is 11.4. The fourth-order valence-electron chi connectivity index (χ4n) is 4.13. The molecule has 0 saturated carbocycles. The van der Waals surface area contributed by atoms with Gasteiger partial charge in [-0.15, -0.1) is 0 Å². The molecule has 0 amide bonds. The number of ether oxygens (including phenoxy) is 1. The molecule has 12 nitrogen and oxygen atoms in total. The van der Waals surface area contributed by atoms with Gasteiger partial charge in [0.15, 0.2) is 17.3 Å². The van der Waals surface area contributed by atoms with Gasteiger partial charge in [-0.05, 0) is 48.5 Å². The number of rotatable bonds is 5. The first-order chi connectivity index (χ1) is 20.5. The molecular formula is C29H23F2N7O5. The van der Waals surface area contributed by atoms with Crippen molar-refractivity contribution in [1.82, 2.24) is 28.3 Å². The Bertz CT molecular complexity index is 2100. The molecule has 2 aromatic carbocycles. The maximum absolute atomic E-state index is 14.0. The Hall–Kier alpha value is -6.05. The number of hydrogen-bond acceptors (Lipinski definition) is 7. The lowest BCUT2D eigenvalue weighted by atomic mass is 10.2. The minimum Gasteiger partial charge on any atom is -0.477 e. The minimum atomic E-state index is -1.43. The van der Waals surface area contributed by atoms with Gasteiger partial charge in [0.2, 0.25) is 0 Å². The van der Waals surface area contributed by atoms with Crippen molar-refractivity contribution in [1.29, 1.82) is 0 Å². The summed E-state index contributed by atoms with van der Waals surface area (Å²) in [5.74, 6) is -1.89. The van der Waals surface area contributed by atoms with Crippen molar-refractivity contribution in [3.05, 3.63) is 124 Å². The van der Waals surface area contributed by atoms with Crippen LogP contribution in [0.3, 0.4) is 0 Å². The molecule has 218 valence electrons. The third kappa shape index (κ3) is 5.88. The summed E-state index contributed by atoms with van der Waals surface area (Å²) in [7, 11) is 3.22. The van der Waals surface area contributed by atoms with Crippen LogP contribution in [-0.2, 0) is 14.1 Å². The van der Waals surface area contributed by atoms with Gasteiger partial charge in [-0.2, -0.15) is 5.10 Å². The number of hydrogen-bond donors (Lipinski definition) is 2. The monoisotopic (exact) mass is 587 g/mol. The molecule has 0 spiro atoms. The van der Waals surface area contributed by atoms with Gasteiger partial charge in [0.25, 0.3) is 5.56 Å². The minimum absolute atomic E-state index is 0.102. The van der Waals surface area contributed by atoms with Crippen molar-refractivity contribution in [2.24, 2.45) is 14.1 Å². The first kappa shape index (κ1) is 28.5. The maximum atomic E-state index is 14.0. The van der Waals surface area contributed by atoms with Crippen LogP contribution in [-0.4, -0.2) is 39.4 Å². The van der Waals surface area contributed by atoms with E-state index in [4.69, 9.17) is 15.6 Å². The molecule has 0 saturated heterocycles. The molecule has 0 aliphatic heterocycles. The number of nitrogens with two attached hydrogens (primary N) is 1. The van der Waals surface area contributed by atoms with Crippen LogP contribution in [0.1, 0.15) is 10.4 Å². The lowest BCUT2D eigenvalue weighted by Gasteiger charge is -2.10. The largest absolute Gasteiger partial charge is 0.477 e. The van der Waals surface area contributed by atoms with Crippen LogP contribution in [0.25, 0.3) is 22.5 Å². The van der Waals surface area contributed by atoms with Crippen LogP contribution < -0.4 is 21.7 Å². The van der Waals surface area contributed by atoms with E-state index in [-0.39, 0.29) is 11.4 Å². The van der Waals surface area contributed by atoms with Gasteiger partial charge in [0.05, 0.1) is 23.9 Å². The van der Waals surface area contributed by atoms with E-state index in [9.17, 15) is 23.2 Å². The lowest BCUT2D eigenvalue weighted by Crippen LogP contribution is -2.40. The quantitative estimate of drug-likeness (QED) is 0.290. The number of benzene rings is 2. The molecule has 4 heterocycles. The van der Waals surface area contributed by atoms with Crippen LogP contribution in [0.15, 0.2) is 95.3 Å². The van der Waals surface area contributed by atoms with Gasteiger partial charge in [-0.3, -0.25) is 4.79 Å². The normalized spacial score (nSPS) is 10.8. The molecule has 0 aliphatic rings. The third-order valence-corrected chi connectivity index (χ3v) is 6.21. The van der Waals surface area contributed by atoms with E-state index in [1.165, 1.54) is 31.3 Å². The van der Waals surface area contributed by atoms with Gasteiger partial charge < -0.3 is 24.7 Å². The molecule has 6 aromatic rings. The van der Waals surface area contributed by atoms with Crippen LogP contribution in [0.5, 0.6) is 11.5 Å². The molecule has 43 heavy (non-hydrogen) atoms. The van der Waals surface area contributed by atoms with E-state index in [0.29, 0.717) is 16.0 Å². The van der Waals surface area contributed by atoms with Crippen LogP contribution in [0.4, 0.5) is 14.5 Å². The Kier molecular flexibility index (Phi) is 7.58. The van der Waals surface area contributed by atoms with Crippen molar-refractivity contribution in [3.63, 3.8) is 0 Å². The molecule has 0 aliphatic carbocycles. The highest BCUT2D eigenvalue weighted by atomic mass is 19.1. The highest BCUT2D eigenvalue weighted by molar-refractivity contribution is 5.86. The highest BCUT2D eigenvalue weighted by Crippen LogP contribution is 2.32. The zero-order chi connectivity index (χ0) is 30.8. The SMILES string of the molecule is Cn1cc(C(=O)O)c(=O)n(-c2ccc(F)cc2)c1=O.Cn1cnc(-c2cc(Oc3ccc(N)cc3F)c3ccnn3c2)c1. The van der Waals surface area contributed by atoms with E-state index < -0.39 is 34.4 Å². The summed E-state index contributed by atoms with van der Waals surface area (Å²) in [4.78, 5) is 39.1. The first-order valence-electron chi connectivity index (χ1n) is 12.5. The fraction of sp³-hybridized carbons (Fsp3) is 0.0690. The first-order valence-corrected chi connectivity index (χ1v) is 12.5. The summed E-state index contributed by atoms with van der Waals surface area (Å²) >= 11 is 0. The van der Waals surface area contributed by atoms with Gasteiger partial charge in [-0.25, -0.2) is 32.4 Å². The highest BCUT2D eigenvalue weighted by Gasteiger charge is 2.16. The lowest BCUT2D eigenvalue weighted by molar-refractivity contribution is 0.0693. The van der Waals surface area contributed by atoms with Crippen LogP contribution in [0, 0.1) is 11.6 Å². The molecule has 0 unspecified atom stereocenters. The number of imidazole rings is 1. The molecular weight excluding hydrogens is 564 g/mol. The number of carboxylic acid groups (broad SMARTS) is 1. The summed E-state index contributed by atoms with van der Waals surface area (Å²) < 4.78 is 37.8. The number of anilines is 1. The van der Waals surface area contributed by atoms with Gasteiger partial charge >= 0.3 is 11.7 Å². The summed E-state index contributed by atoms with van der Waals surface area (Å²) in [6.45, 7) is 0. The number of aryl methyl sites for hydroxylation is 2. The molecule has 3 N–H and O–H groups in total. The topological polar surface area (TPSA) is 152 Å². The van der Waals surface area contributed by atoms with Crippen molar-refractivity contribution in [2.75, 3.05) is 5.73 Å². The number of pyridine rings is 1. The van der Waals surface area contributed by atoms with Crippen LogP contribution in [0.2, 0.25) is 0 Å². The number of nitrogen functional groups attached to an aromatic ring is 1. The van der Waals surface area contributed by atoms with E-state index in [1.807, 2.05) is 30.1 Å². The van der Waals surface area contributed by atoms with E-state index in [1.54, 1.807) is 29.2 Å². The van der Waals surface area contributed by atoms with Crippen molar-refractivity contribution < 1.29 is 23.4 Å². The number of aromatic nitrogens is 6. The Morgan fingerprint density at radius 2 is 1.70 bits per heavy atom. The molecule has 14 heteroatoms. The van der Waals surface area contributed by atoms with E-state index in [0.717, 1.165) is 39.7 Å².